The summed E-state index contributed by atoms with van der Waals surface area (Å²) in [5, 5.41) is 6.24. The Morgan fingerprint density at radius 1 is 1.24 bits per heavy atom. The van der Waals surface area contributed by atoms with Gasteiger partial charge in [0.1, 0.15) is 0 Å². The number of carbonyl (C=O) groups excluding carboxylic acids is 2. The fraction of sp³-hybridized carbons (Fsp3) is 0.250. The predicted molar refractivity (Wildman–Crippen MR) is 82.2 cm³/mol. The zero-order valence-corrected chi connectivity index (χ0v) is 12.8. The van der Waals surface area contributed by atoms with Crippen LogP contribution >= 0.6 is 11.3 Å². The lowest BCUT2D eigenvalue weighted by molar-refractivity contribution is -0.129. The monoisotopic (exact) mass is 303 g/mol. The second-order valence-corrected chi connectivity index (χ2v) is 5.54. The highest BCUT2D eigenvalue weighted by Gasteiger charge is 2.18. The average Bonchev–Trinajstić information content (AvgIpc) is 3.00. The number of ether oxygens (including phenoxy) is 1. The van der Waals surface area contributed by atoms with Gasteiger partial charge in [-0.1, -0.05) is 29.8 Å². The Morgan fingerprint density at radius 2 is 1.95 bits per heavy atom. The maximum absolute atomic E-state index is 11.9. The molecule has 0 bridgehead atoms. The number of aryl methyl sites for hydroxylation is 1. The van der Waals surface area contributed by atoms with Crippen LogP contribution in [0.1, 0.15) is 28.4 Å². The summed E-state index contributed by atoms with van der Waals surface area (Å²) < 4.78 is 5.12. The summed E-state index contributed by atoms with van der Waals surface area (Å²) in [5.74, 6) is -0.784. The van der Waals surface area contributed by atoms with Gasteiger partial charge >= 0.3 is 5.97 Å². The lowest BCUT2D eigenvalue weighted by Crippen LogP contribution is -2.35. The molecule has 0 aliphatic rings. The zero-order chi connectivity index (χ0) is 15.2. The summed E-state index contributed by atoms with van der Waals surface area (Å²) in [5.41, 5.74) is 2.65. The Balaban J connectivity index is 1.82. The van der Waals surface area contributed by atoms with E-state index in [1.165, 1.54) is 16.9 Å². The van der Waals surface area contributed by atoms with Crippen LogP contribution in [0.15, 0.2) is 41.1 Å². The Morgan fingerprint density at radius 3 is 2.57 bits per heavy atom. The zero-order valence-electron chi connectivity index (χ0n) is 12.0. The summed E-state index contributed by atoms with van der Waals surface area (Å²) in [6, 6.07) is 9.56. The number of amides is 1. The van der Waals surface area contributed by atoms with E-state index in [-0.39, 0.29) is 5.91 Å². The third-order valence-corrected chi connectivity index (χ3v) is 3.68. The number of carbonyl (C=O) groups is 2. The fourth-order valence-electron chi connectivity index (χ4n) is 1.70. The summed E-state index contributed by atoms with van der Waals surface area (Å²) in [7, 11) is 0. The van der Waals surface area contributed by atoms with Gasteiger partial charge in [-0.05, 0) is 30.9 Å². The fourth-order valence-corrected chi connectivity index (χ4v) is 2.33. The molecule has 5 heteroatoms. The van der Waals surface area contributed by atoms with Gasteiger partial charge < -0.3 is 10.1 Å². The minimum atomic E-state index is -0.817. The minimum absolute atomic E-state index is 0.306. The second-order valence-electron chi connectivity index (χ2n) is 4.76. The molecule has 4 nitrogen and oxygen atoms in total. The van der Waals surface area contributed by atoms with Crippen molar-refractivity contribution in [3.8, 4) is 0 Å². The van der Waals surface area contributed by atoms with Crippen molar-refractivity contribution in [2.24, 2.45) is 0 Å². The predicted octanol–water partition coefficient (Wildman–Crippen LogP) is 2.92. The van der Waals surface area contributed by atoms with E-state index in [0.717, 1.165) is 5.56 Å². The van der Waals surface area contributed by atoms with Crippen LogP contribution in [0.2, 0.25) is 0 Å². The van der Waals surface area contributed by atoms with Gasteiger partial charge in [0.2, 0.25) is 0 Å². The Kier molecular flexibility index (Phi) is 5.11. The third-order valence-electron chi connectivity index (χ3n) is 3.00. The summed E-state index contributed by atoms with van der Waals surface area (Å²) >= 11 is 1.41. The van der Waals surface area contributed by atoms with Crippen LogP contribution in [0.3, 0.4) is 0 Å². The molecule has 1 atom stereocenters. The average molecular weight is 303 g/mol. The van der Waals surface area contributed by atoms with Gasteiger partial charge in [-0.3, -0.25) is 4.79 Å². The van der Waals surface area contributed by atoms with Gasteiger partial charge in [0, 0.05) is 11.9 Å². The van der Waals surface area contributed by atoms with Crippen molar-refractivity contribution >= 4 is 23.2 Å². The number of benzene rings is 1. The van der Waals surface area contributed by atoms with Gasteiger partial charge in [0.15, 0.2) is 6.10 Å². The molecule has 1 aromatic heterocycles. The van der Waals surface area contributed by atoms with E-state index >= 15 is 0 Å². The molecule has 0 unspecified atom stereocenters. The first-order chi connectivity index (χ1) is 10.1. The Labute approximate surface area is 127 Å². The SMILES string of the molecule is Cc1ccc(CNC(=O)[C@@H](C)OC(=O)c2ccsc2)cc1. The molecule has 0 aliphatic heterocycles. The van der Waals surface area contributed by atoms with Crippen LogP contribution in [-0.4, -0.2) is 18.0 Å². The molecule has 0 saturated carbocycles. The summed E-state index contributed by atoms with van der Waals surface area (Å²) in [6.07, 6.45) is -0.817. The second kappa shape index (κ2) is 7.04. The number of hydrogen-bond donors (Lipinski definition) is 1. The molecule has 1 N–H and O–H groups in total. The Bertz CT molecular complexity index is 605. The number of rotatable bonds is 5. The molecule has 0 spiro atoms. The molecule has 2 aromatic rings. The number of hydrogen-bond acceptors (Lipinski definition) is 4. The van der Waals surface area contributed by atoms with E-state index in [1.807, 2.05) is 31.2 Å². The first-order valence-electron chi connectivity index (χ1n) is 6.62. The summed E-state index contributed by atoms with van der Waals surface area (Å²) in [4.78, 5) is 23.6. The lowest BCUT2D eigenvalue weighted by Gasteiger charge is -2.13. The molecule has 1 amide bonds. The molecule has 1 aromatic carbocycles. The molecule has 21 heavy (non-hydrogen) atoms. The van der Waals surface area contributed by atoms with Crippen molar-refractivity contribution in [3.05, 3.63) is 57.8 Å². The number of thiophene rings is 1. The molecule has 0 fully saturated rings. The van der Waals surface area contributed by atoms with Crippen molar-refractivity contribution in [2.45, 2.75) is 26.5 Å². The highest BCUT2D eigenvalue weighted by atomic mass is 32.1. The number of esters is 1. The molecule has 0 aliphatic carbocycles. The largest absolute Gasteiger partial charge is 0.449 e. The first kappa shape index (κ1) is 15.3. The van der Waals surface area contributed by atoms with Crippen molar-refractivity contribution in [1.29, 1.82) is 0 Å². The standard InChI is InChI=1S/C16H17NO3S/c1-11-3-5-13(6-4-11)9-17-15(18)12(2)20-16(19)14-7-8-21-10-14/h3-8,10,12H,9H2,1-2H3,(H,17,18)/t12-/m1/s1. The van der Waals surface area contributed by atoms with Crippen LogP contribution < -0.4 is 5.32 Å². The maximum Gasteiger partial charge on any atom is 0.339 e. The topological polar surface area (TPSA) is 55.4 Å². The minimum Gasteiger partial charge on any atom is -0.449 e. The molecule has 1 heterocycles. The normalized spacial score (nSPS) is 11.7. The molecule has 2 rings (SSSR count). The van der Waals surface area contributed by atoms with Crippen molar-refractivity contribution in [2.75, 3.05) is 0 Å². The van der Waals surface area contributed by atoms with E-state index in [0.29, 0.717) is 12.1 Å². The van der Waals surface area contributed by atoms with Crippen LogP contribution in [0.4, 0.5) is 0 Å². The molecule has 0 radical (unpaired) electrons. The van der Waals surface area contributed by atoms with Crippen LogP contribution in [0.25, 0.3) is 0 Å². The van der Waals surface area contributed by atoms with E-state index < -0.39 is 12.1 Å². The van der Waals surface area contributed by atoms with Gasteiger partial charge in [-0.2, -0.15) is 11.3 Å². The van der Waals surface area contributed by atoms with Crippen LogP contribution in [-0.2, 0) is 16.1 Å². The van der Waals surface area contributed by atoms with Gasteiger partial charge in [-0.15, -0.1) is 0 Å². The van der Waals surface area contributed by atoms with Crippen molar-refractivity contribution in [1.82, 2.24) is 5.32 Å². The van der Waals surface area contributed by atoms with Gasteiger partial charge in [-0.25, -0.2) is 4.79 Å². The van der Waals surface area contributed by atoms with Gasteiger partial charge in [0.05, 0.1) is 5.56 Å². The van der Waals surface area contributed by atoms with Crippen LogP contribution in [0.5, 0.6) is 0 Å². The van der Waals surface area contributed by atoms with Crippen LogP contribution in [0, 0.1) is 6.92 Å². The molecule has 0 saturated heterocycles. The van der Waals surface area contributed by atoms with E-state index in [9.17, 15) is 9.59 Å². The van der Waals surface area contributed by atoms with Crippen molar-refractivity contribution in [3.63, 3.8) is 0 Å². The van der Waals surface area contributed by atoms with E-state index in [2.05, 4.69) is 5.32 Å². The maximum atomic E-state index is 11.9. The van der Waals surface area contributed by atoms with Crippen molar-refractivity contribution < 1.29 is 14.3 Å². The highest BCUT2D eigenvalue weighted by Crippen LogP contribution is 2.09. The van der Waals surface area contributed by atoms with E-state index in [4.69, 9.17) is 4.74 Å². The quantitative estimate of drug-likeness (QED) is 0.864. The third kappa shape index (κ3) is 4.43. The smallest absolute Gasteiger partial charge is 0.339 e. The summed E-state index contributed by atoms with van der Waals surface area (Å²) in [6.45, 7) is 3.99. The molecular weight excluding hydrogens is 286 g/mol. The number of nitrogens with one attached hydrogen (secondary N) is 1. The lowest BCUT2D eigenvalue weighted by atomic mass is 10.1. The first-order valence-corrected chi connectivity index (χ1v) is 7.57. The highest BCUT2D eigenvalue weighted by molar-refractivity contribution is 7.08. The Hall–Kier alpha value is -2.14. The molecule has 110 valence electrons. The van der Waals surface area contributed by atoms with E-state index in [1.54, 1.807) is 23.8 Å². The molecular formula is C16H17NO3S. The van der Waals surface area contributed by atoms with Gasteiger partial charge in [0.25, 0.3) is 5.91 Å².